The molecule has 0 spiro atoms. The first-order valence-electron chi connectivity index (χ1n) is 17.5. The van der Waals surface area contributed by atoms with Crippen molar-refractivity contribution in [3.05, 3.63) is 48.6 Å². The van der Waals surface area contributed by atoms with Crippen LogP contribution in [0.25, 0.3) is 0 Å². The Morgan fingerprint density at radius 1 is 0.529 bits per heavy atom. The van der Waals surface area contributed by atoms with E-state index in [0.29, 0.717) is 25.7 Å². The number of fused-ring (bicyclic) bond motifs is 2. The van der Waals surface area contributed by atoms with Crippen LogP contribution in [-0.2, 0) is 52.6 Å². The molecule has 0 saturated carbocycles. The molecule has 8 atom stereocenters. The molecule has 2 aliphatic carbocycles. The van der Waals surface area contributed by atoms with Gasteiger partial charge in [0.2, 0.25) is 23.6 Å². The second kappa shape index (κ2) is 12.6. The maximum absolute atomic E-state index is 13.8. The van der Waals surface area contributed by atoms with E-state index in [4.69, 9.17) is 14.2 Å². The Labute approximate surface area is 292 Å². The van der Waals surface area contributed by atoms with Crippen LogP contribution in [0.2, 0.25) is 0 Å². The van der Waals surface area contributed by atoms with E-state index in [1.54, 1.807) is 0 Å². The first kappa shape index (κ1) is 33.5. The monoisotopic (exact) mass is 702 g/mol. The van der Waals surface area contributed by atoms with Gasteiger partial charge in [-0.3, -0.25) is 58.0 Å². The van der Waals surface area contributed by atoms with Gasteiger partial charge in [0.1, 0.15) is 0 Å². The third-order valence-corrected chi connectivity index (χ3v) is 11.7. The van der Waals surface area contributed by atoms with Crippen LogP contribution in [0, 0.1) is 34.5 Å². The maximum Gasteiger partial charge on any atom is 0.253 e. The number of likely N-dealkylation sites (tertiary alicyclic amines) is 2. The van der Waals surface area contributed by atoms with E-state index in [9.17, 15) is 38.4 Å². The summed E-state index contributed by atoms with van der Waals surface area (Å²) in [5.41, 5.74) is -1.83. The van der Waals surface area contributed by atoms with E-state index in [0.717, 1.165) is 9.80 Å². The van der Waals surface area contributed by atoms with Gasteiger partial charge in [0.05, 0.1) is 62.3 Å². The molecule has 8 aliphatic heterocycles. The molecule has 0 aromatic rings. The van der Waals surface area contributed by atoms with Gasteiger partial charge in [0.15, 0.2) is 0 Å². The minimum atomic E-state index is -0.914. The van der Waals surface area contributed by atoms with E-state index < -0.39 is 46.7 Å². The molecule has 8 amide bonds. The zero-order valence-corrected chi connectivity index (χ0v) is 27.8. The average molecular weight is 703 g/mol. The largest absolute Gasteiger partial charge is 0.379 e. The van der Waals surface area contributed by atoms with Crippen LogP contribution < -0.4 is 0 Å². The summed E-state index contributed by atoms with van der Waals surface area (Å²) >= 11 is 0. The van der Waals surface area contributed by atoms with Crippen molar-refractivity contribution < 1.29 is 52.6 Å². The summed E-state index contributed by atoms with van der Waals surface area (Å²) in [6, 6.07) is 0. The summed E-state index contributed by atoms with van der Waals surface area (Å²) in [5, 5.41) is 0. The zero-order chi connectivity index (χ0) is 35.7. The smallest absolute Gasteiger partial charge is 0.253 e. The molecule has 10 aliphatic rings. The third-order valence-electron chi connectivity index (χ3n) is 11.7. The molecular weight excluding hydrogens is 664 g/mol. The fraction of sp³-hybridized carbons (Fsp3) is 0.556. The SMILES string of the molecule is O=C1C=CC(=O)N1CCCCN1C(=O)C2C3C=CC(COCC45C=CC(OC4)C4C(=O)N(CCCCN6C(=O)C=CC6=O)C(=O)C45)(CO3)C2C1=O. The molecule has 4 saturated heterocycles. The number of imide groups is 4. The fourth-order valence-electron chi connectivity index (χ4n) is 9.10. The lowest BCUT2D eigenvalue weighted by atomic mass is 9.63. The maximum atomic E-state index is 13.8. The lowest BCUT2D eigenvalue weighted by Gasteiger charge is -2.49. The predicted octanol–water partition coefficient (Wildman–Crippen LogP) is -0.474. The van der Waals surface area contributed by atoms with Crippen LogP contribution in [0.3, 0.4) is 0 Å². The molecular formula is C36H38N4O11. The Hall–Kier alpha value is -4.60. The second-order valence-corrected chi connectivity index (χ2v) is 14.6. The Morgan fingerprint density at radius 3 is 1.22 bits per heavy atom. The zero-order valence-electron chi connectivity index (χ0n) is 27.8. The Morgan fingerprint density at radius 2 is 0.882 bits per heavy atom. The molecule has 10 rings (SSSR count). The standard InChI is InChI=1S/C36H38N4O11/c41-23-5-6-24(42)37(23)13-1-3-15-39-31(45)27-21-9-11-35(19-50-21,29(27)33(39)47)17-49-18-36-12-10-22(51-20-36)28-30(36)34(48)40(32(28)46)16-4-2-14-38-25(43)7-8-26(38)44/h5-12,21-22,27-30H,1-4,13-20H2. The normalized spacial score (nSPS) is 36.0. The molecule has 15 nitrogen and oxygen atoms in total. The van der Waals surface area contributed by atoms with Crippen molar-refractivity contribution in [1.29, 1.82) is 0 Å². The Bertz CT molecular complexity index is 1590. The van der Waals surface area contributed by atoms with Gasteiger partial charge in [0.25, 0.3) is 23.6 Å². The first-order valence-corrected chi connectivity index (χ1v) is 17.5. The lowest BCUT2D eigenvalue weighted by Crippen LogP contribution is -2.57. The number of ether oxygens (including phenoxy) is 3. The van der Waals surface area contributed by atoms with E-state index in [-0.39, 0.29) is 99.9 Å². The minimum absolute atomic E-state index is 0.0431. The van der Waals surface area contributed by atoms with Gasteiger partial charge in [0, 0.05) is 61.3 Å². The first-order chi connectivity index (χ1) is 24.5. The molecule has 0 aromatic carbocycles. The number of unbranched alkanes of at least 4 members (excludes halogenated alkanes) is 2. The molecule has 0 N–H and O–H groups in total. The molecule has 0 radical (unpaired) electrons. The molecule has 51 heavy (non-hydrogen) atoms. The molecule has 4 bridgehead atoms. The van der Waals surface area contributed by atoms with Crippen molar-refractivity contribution in [2.24, 2.45) is 34.5 Å². The van der Waals surface area contributed by atoms with Gasteiger partial charge in [-0.1, -0.05) is 24.3 Å². The highest BCUT2D eigenvalue weighted by atomic mass is 16.5. The number of hydrogen-bond donors (Lipinski definition) is 0. The number of rotatable bonds is 14. The molecule has 8 unspecified atom stereocenters. The molecule has 0 aromatic heterocycles. The predicted molar refractivity (Wildman–Crippen MR) is 171 cm³/mol. The van der Waals surface area contributed by atoms with Crippen LogP contribution in [0.4, 0.5) is 0 Å². The summed E-state index contributed by atoms with van der Waals surface area (Å²) in [6.07, 6.45) is 13.0. The van der Waals surface area contributed by atoms with Crippen molar-refractivity contribution in [1.82, 2.24) is 19.6 Å². The van der Waals surface area contributed by atoms with Gasteiger partial charge in [-0.05, 0) is 25.7 Å². The van der Waals surface area contributed by atoms with Crippen molar-refractivity contribution in [3.63, 3.8) is 0 Å². The van der Waals surface area contributed by atoms with E-state index >= 15 is 0 Å². The highest BCUT2D eigenvalue weighted by Crippen LogP contribution is 2.54. The van der Waals surface area contributed by atoms with Crippen LogP contribution in [0.5, 0.6) is 0 Å². The average Bonchev–Trinajstić information content (AvgIpc) is 3.81. The van der Waals surface area contributed by atoms with E-state index in [1.165, 1.54) is 34.1 Å². The molecule has 4 fully saturated rings. The summed E-state index contributed by atoms with van der Waals surface area (Å²) in [6.45, 7) is 1.17. The van der Waals surface area contributed by atoms with Gasteiger partial charge in [-0.2, -0.15) is 0 Å². The lowest BCUT2D eigenvalue weighted by molar-refractivity contribution is -0.172. The van der Waals surface area contributed by atoms with Gasteiger partial charge >= 0.3 is 0 Å². The number of nitrogens with zero attached hydrogens (tertiary/aromatic N) is 4. The number of carbonyl (C=O) groups excluding carboxylic acids is 8. The third kappa shape index (κ3) is 5.27. The van der Waals surface area contributed by atoms with Crippen LogP contribution in [0.15, 0.2) is 48.6 Å². The van der Waals surface area contributed by atoms with Crippen molar-refractivity contribution >= 4 is 47.3 Å². The van der Waals surface area contributed by atoms with Gasteiger partial charge in [-0.15, -0.1) is 0 Å². The molecule has 15 heteroatoms. The van der Waals surface area contributed by atoms with Crippen molar-refractivity contribution in [2.75, 3.05) is 52.6 Å². The second-order valence-electron chi connectivity index (χ2n) is 14.6. The minimum Gasteiger partial charge on any atom is -0.379 e. The van der Waals surface area contributed by atoms with Crippen molar-refractivity contribution in [3.8, 4) is 0 Å². The quantitative estimate of drug-likeness (QED) is 0.130. The molecule has 268 valence electrons. The summed E-state index contributed by atoms with van der Waals surface area (Å²) in [5.74, 6) is -5.49. The fourth-order valence-corrected chi connectivity index (χ4v) is 9.10. The van der Waals surface area contributed by atoms with Crippen LogP contribution >= 0.6 is 0 Å². The highest BCUT2D eigenvalue weighted by molar-refractivity contribution is 6.13. The Balaban J connectivity index is 0.896. The number of amides is 8. The van der Waals surface area contributed by atoms with E-state index in [1.807, 2.05) is 24.3 Å². The van der Waals surface area contributed by atoms with Crippen LogP contribution in [0.1, 0.15) is 25.7 Å². The number of hydrogen-bond acceptors (Lipinski definition) is 11. The summed E-state index contributed by atoms with van der Waals surface area (Å²) in [4.78, 5) is 107. The summed E-state index contributed by atoms with van der Waals surface area (Å²) in [7, 11) is 0. The van der Waals surface area contributed by atoms with Gasteiger partial charge < -0.3 is 14.2 Å². The molecule has 8 heterocycles. The summed E-state index contributed by atoms with van der Waals surface area (Å²) < 4.78 is 18.5. The Kier molecular flexibility index (Phi) is 8.26. The van der Waals surface area contributed by atoms with Crippen molar-refractivity contribution in [2.45, 2.75) is 37.9 Å². The van der Waals surface area contributed by atoms with Crippen LogP contribution in [-0.4, -0.2) is 132 Å². The highest BCUT2D eigenvalue weighted by Gasteiger charge is 2.65. The van der Waals surface area contributed by atoms with Gasteiger partial charge in [-0.25, -0.2) is 0 Å². The number of carbonyl (C=O) groups is 8. The topological polar surface area (TPSA) is 177 Å². The van der Waals surface area contributed by atoms with E-state index in [2.05, 4.69) is 0 Å².